The third-order valence-corrected chi connectivity index (χ3v) is 3.31. The number of rotatable bonds is 5. The largest absolute Gasteiger partial charge is 0.399 e. The van der Waals surface area contributed by atoms with E-state index in [-0.39, 0.29) is 0 Å². The van der Waals surface area contributed by atoms with Gasteiger partial charge in [-0.2, -0.15) is 0 Å². The Morgan fingerprint density at radius 1 is 1.29 bits per heavy atom. The van der Waals surface area contributed by atoms with Crippen LogP contribution < -0.4 is 16.4 Å². The normalized spacial score (nSPS) is 10.4. The number of amides is 1. The van der Waals surface area contributed by atoms with E-state index in [0.29, 0.717) is 17.8 Å². The molecule has 1 aromatic carbocycles. The van der Waals surface area contributed by atoms with Crippen molar-refractivity contribution in [2.24, 2.45) is 5.73 Å². The fourth-order valence-corrected chi connectivity index (χ4v) is 2.28. The predicted octanol–water partition coefficient (Wildman–Crippen LogP) is 2.10. The number of anilines is 2. The van der Waals surface area contributed by atoms with Crippen LogP contribution in [-0.2, 0) is 6.54 Å². The van der Waals surface area contributed by atoms with Gasteiger partial charge in [0.25, 0.3) is 5.91 Å². The summed E-state index contributed by atoms with van der Waals surface area (Å²) in [4.78, 5) is 18.2. The zero-order valence-electron chi connectivity index (χ0n) is 12.3. The summed E-state index contributed by atoms with van der Waals surface area (Å²) in [7, 11) is 0. The number of benzene rings is 1. The molecule has 2 rings (SSSR count). The van der Waals surface area contributed by atoms with Crippen LogP contribution in [0.5, 0.6) is 0 Å². The zero-order chi connectivity index (χ0) is 15.4. The van der Waals surface area contributed by atoms with E-state index in [1.165, 1.54) is 0 Å². The van der Waals surface area contributed by atoms with Gasteiger partial charge < -0.3 is 16.4 Å². The highest BCUT2D eigenvalue weighted by Gasteiger charge is 2.15. The van der Waals surface area contributed by atoms with Crippen LogP contribution in [0.15, 0.2) is 36.4 Å². The Labute approximate surface area is 124 Å². The molecule has 4 N–H and O–H groups in total. The summed E-state index contributed by atoms with van der Waals surface area (Å²) in [6.07, 6.45) is 0. The Hall–Kier alpha value is -2.56. The van der Waals surface area contributed by atoms with Gasteiger partial charge in [-0.1, -0.05) is 6.07 Å². The van der Waals surface area contributed by atoms with E-state index in [9.17, 15) is 4.79 Å². The highest BCUT2D eigenvalue weighted by Crippen LogP contribution is 2.24. The van der Waals surface area contributed by atoms with Crippen LogP contribution in [0.4, 0.5) is 11.4 Å². The molecule has 0 spiro atoms. The highest BCUT2D eigenvalue weighted by atomic mass is 16.1. The molecule has 1 amide bonds. The molecule has 1 heterocycles. The molecule has 5 nitrogen and oxygen atoms in total. The average molecular weight is 284 g/mol. The Morgan fingerprint density at radius 3 is 2.67 bits per heavy atom. The summed E-state index contributed by atoms with van der Waals surface area (Å²) in [6, 6.07) is 11.1. The van der Waals surface area contributed by atoms with Crippen LogP contribution in [0.1, 0.15) is 28.7 Å². The molecular formula is C16H20N4O. The van der Waals surface area contributed by atoms with Crippen molar-refractivity contribution in [1.82, 2.24) is 4.98 Å². The first-order valence-corrected chi connectivity index (χ1v) is 6.88. The molecule has 0 bridgehead atoms. The van der Waals surface area contributed by atoms with Gasteiger partial charge in [0, 0.05) is 23.6 Å². The minimum absolute atomic E-state index is 0.435. The minimum atomic E-state index is -0.479. The fraction of sp³-hybridized carbons (Fsp3) is 0.250. The molecule has 0 atom stereocenters. The Morgan fingerprint density at radius 2 is 2.05 bits per heavy atom. The van der Waals surface area contributed by atoms with Crippen molar-refractivity contribution < 1.29 is 4.79 Å². The standard InChI is InChI=1S/C16H20N4O/c1-3-20(10-13-6-4-5-11(2)19-13)15-8-7-12(17)9-14(15)16(18)21/h4-9H,3,10,17H2,1-2H3,(H2,18,21). The molecule has 0 saturated heterocycles. The van der Waals surface area contributed by atoms with Crippen LogP contribution in [0.2, 0.25) is 0 Å². The fourth-order valence-electron chi connectivity index (χ4n) is 2.28. The quantitative estimate of drug-likeness (QED) is 0.823. The maximum Gasteiger partial charge on any atom is 0.250 e. The monoisotopic (exact) mass is 284 g/mol. The molecule has 0 radical (unpaired) electrons. The van der Waals surface area contributed by atoms with Crippen LogP contribution >= 0.6 is 0 Å². The van der Waals surface area contributed by atoms with Crippen LogP contribution in [0.25, 0.3) is 0 Å². The Bertz CT molecular complexity index is 654. The smallest absolute Gasteiger partial charge is 0.250 e. The van der Waals surface area contributed by atoms with Crippen LogP contribution in [-0.4, -0.2) is 17.4 Å². The molecule has 0 unspecified atom stereocenters. The highest BCUT2D eigenvalue weighted by molar-refractivity contribution is 5.99. The first-order valence-electron chi connectivity index (χ1n) is 6.88. The SMILES string of the molecule is CCN(Cc1cccc(C)n1)c1ccc(N)cc1C(N)=O. The molecule has 2 aromatic rings. The number of nitrogen functional groups attached to an aromatic ring is 1. The second-order valence-electron chi connectivity index (χ2n) is 4.93. The Balaban J connectivity index is 2.35. The predicted molar refractivity (Wildman–Crippen MR) is 85.1 cm³/mol. The molecule has 5 heteroatoms. The second kappa shape index (κ2) is 6.26. The van der Waals surface area contributed by atoms with E-state index in [1.807, 2.05) is 38.1 Å². The molecule has 0 aliphatic carbocycles. The van der Waals surface area contributed by atoms with Crippen molar-refractivity contribution in [3.8, 4) is 0 Å². The first-order chi connectivity index (χ1) is 10.0. The average Bonchev–Trinajstić information content (AvgIpc) is 2.45. The van der Waals surface area contributed by atoms with E-state index < -0.39 is 5.91 Å². The van der Waals surface area contributed by atoms with Crippen LogP contribution in [0, 0.1) is 6.92 Å². The van der Waals surface area contributed by atoms with Gasteiger partial charge in [0.15, 0.2) is 0 Å². The van der Waals surface area contributed by atoms with Gasteiger partial charge in [0.05, 0.1) is 17.8 Å². The van der Waals surface area contributed by atoms with Crippen molar-refractivity contribution in [1.29, 1.82) is 0 Å². The number of primary amides is 1. The maximum atomic E-state index is 11.6. The molecule has 110 valence electrons. The van der Waals surface area contributed by atoms with Crippen molar-refractivity contribution >= 4 is 17.3 Å². The minimum Gasteiger partial charge on any atom is -0.399 e. The number of nitrogens with two attached hydrogens (primary N) is 2. The maximum absolute atomic E-state index is 11.6. The number of aryl methyl sites for hydroxylation is 1. The molecule has 21 heavy (non-hydrogen) atoms. The first kappa shape index (κ1) is 14.8. The summed E-state index contributed by atoms with van der Waals surface area (Å²) in [6.45, 7) is 5.33. The molecule has 0 aliphatic rings. The van der Waals surface area contributed by atoms with Crippen molar-refractivity contribution in [2.45, 2.75) is 20.4 Å². The number of carbonyl (C=O) groups excluding carboxylic acids is 1. The van der Waals surface area contributed by atoms with Gasteiger partial charge in [0.1, 0.15) is 0 Å². The number of pyridine rings is 1. The number of carbonyl (C=O) groups is 1. The van der Waals surface area contributed by atoms with Crippen molar-refractivity contribution in [2.75, 3.05) is 17.2 Å². The lowest BCUT2D eigenvalue weighted by atomic mass is 10.1. The van der Waals surface area contributed by atoms with Gasteiger partial charge in [-0.25, -0.2) is 0 Å². The van der Waals surface area contributed by atoms with E-state index >= 15 is 0 Å². The number of aromatic nitrogens is 1. The van der Waals surface area contributed by atoms with Gasteiger partial charge >= 0.3 is 0 Å². The molecular weight excluding hydrogens is 264 g/mol. The third-order valence-electron chi connectivity index (χ3n) is 3.31. The second-order valence-corrected chi connectivity index (χ2v) is 4.93. The lowest BCUT2D eigenvalue weighted by Crippen LogP contribution is -2.26. The van der Waals surface area contributed by atoms with E-state index in [4.69, 9.17) is 11.5 Å². The van der Waals surface area contributed by atoms with Gasteiger partial charge in [-0.3, -0.25) is 9.78 Å². The molecule has 1 aromatic heterocycles. The number of hydrogen-bond acceptors (Lipinski definition) is 4. The third kappa shape index (κ3) is 3.51. The Kier molecular flexibility index (Phi) is 4.42. The van der Waals surface area contributed by atoms with Gasteiger partial charge in [0.2, 0.25) is 0 Å². The molecule has 0 aliphatic heterocycles. The van der Waals surface area contributed by atoms with Gasteiger partial charge in [-0.05, 0) is 44.2 Å². The van der Waals surface area contributed by atoms with E-state index in [0.717, 1.165) is 23.6 Å². The topological polar surface area (TPSA) is 85.2 Å². The zero-order valence-corrected chi connectivity index (χ0v) is 12.3. The van der Waals surface area contributed by atoms with E-state index in [1.54, 1.807) is 12.1 Å². The summed E-state index contributed by atoms with van der Waals surface area (Å²) < 4.78 is 0. The van der Waals surface area contributed by atoms with Crippen molar-refractivity contribution in [3.05, 3.63) is 53.3 Å². The van der Waals surface area contributed by atoms with Gasteiger partial charge in [-0.15, -0.1) is 0 Å². The summed E-state index contributed by atoms with van der Waals surface area (Å²) >= 11 is 0. The summed E-state index contributed by atoms with van der Waals surface area (Å²) in [5.41, 5.74) is 14.9. The molecule has 0 saturated carbocycles. The summed E-state index contributed by atoms with van der Waals surface area (Å²) in [5.74, 6) is -0.479. The molecule has 0 fully saturated rings. The van der Waals surface area contributed by atoms with Crippen LogP contribution in [0.3, 0.4) is 0 Å². The number of hydrogen-bond donors (Lipinski definition) is 2. The number of nitrogens with zero attached hydrogens (tertiary/aromatic N) is 2. The lowest BCUT2D eigenvalue weighted by Gasteiger charge is -2.25. The van der Waals surface area contributed by atoms with Crippen molar-refractivity contribution in [3.63, 3.8) is 0 Å². The lowest BCUT2D eigenvalue weighted by molar-refractivity contribution is 0.100. The van der Waals surface area contributed by atoms with E-state index in [2.05, 4.69) is 9.88 Å². The summed E-state index contributed by atoms with van der Waals surface area (Å²) in [5, 5.41) is 0.